The molecule has 0 atom stereocenters. The van der Waals surface area contributed by atoms with Crippen molar-refractivity contribution in [2.75, 3.05) is 12.3 Å². The molecule has 0 fully saturated rings. The van der Waals surface area contributed by atoms with Crippen LogP contribution >= 0.6 is 0 Å². The number of carbonyl (C=O) groups is 3. The summed E-state index contributed by atoms with van der Waals surface area (Å²) in [6.45, 7) is 6.98. The number of ether oxygens (including phenoxy) is 2. The number of nitrogens with zero attached hydrogens (tertiary/aromatic N) is 1. The fraction of sp³-hybridized carbons (Fsp3) is 0.207. The highest BCUT2D eigenvalue weighted by molar-refractivity contribution is 6.13. The van der Waals surface area contributed by atoms with Crippen molar-refractivity contribution >= 4 is 28.9 Å². The smallest absolute Gasteiger partial charge is 0.344 e. The molecular formula is C29H28N2O6. The Balaban J connectivity index is 1.74. The summed E-state index contributed by atoms with van der Waals surface area (Å²) in [5.41, 5.74) is 8.89. The van der Waals surface area contributed by atoms with Gasteiger partial charge in [0.15, 0.2) is 6.61 Å². The number of nitrogens with two attached hydrogens (primary N) is 1. The maximum absolute atomic E-state index is 13.6. The number of aromatic nitrogens is 1. The lowest BCUT2D eigenvalue weighted by atomic mass is 9.98. The number of carboxylic acid groups (broad SMARTS) is 1. The normalized spacial score (nSPS) is 11.4. The van der Waals surface area contributed by atoms with Gasteiger partial charge in [0.05, 0.1) is 16.8 Å². The van der Waals surface area contributed by atoms with Gasteiger partial charge in [0, 0.05) is 23.0 Å². The number of rotatable bonds is 7. The molecular weight excluding hydrogens is 472 g/mol. The van der Waals surface area contributed by atoms with Gasteiger partial charge in [-0.2, -0.15) is 0 Å². The van der Waals surface area contributed by atoms with Crippen LogP contribution in [0.25, 0.3) is 16.6 Å². The second-order valence-corrected chi connectivity index (χ2v) is 9.64. The van der Waals surface area contributed by atoms with Crippen molar-refractivity contribution < 1.29 is 29.0 Å². The van der Waals surface area contributed by atoms with Crippen molar-refractivity contribution in [3.8, 4) is 16.9 Å². The fourth-order valence-electron chi connectivity index (χ4n) is 4.25. The van der Waals surface area contributed by atoms with Crippen LogP contribution in [0.5, 0.6) is 5.75 Å². The molecule has 0 spiro atoms. The first-order valence-electron chi connectivity index (χ1n) is 11.7. The monoisotopic (exact) mass is 500 g/mol. The number of nitrogen functional groups attached to an aromatic ring is 1. The van der Waals surface area contributed by atoms with Crippen molar-refractivity contribution in [3.05, 3.63) is 89.2 Å². The molecule has 0 saturated carbocycles. The molecule has 0 aliphatic carbocycles. The Bertz CT molecular complexity index is 1530. The van der Waals surface area contributed by atoms with E-state index in [2.05, 4.69) is 0 Å². The Kier molecular flexibility index (Phi) is 6.76. The van der Waals surface area contributed by atoms with Crippen LogP contribution in [0, 0.1) is 6.92 Å². The minimum absolute atomic E-state index is 0.0877. The molecule has 0 saturated heterocycles. The van der Waals surface area contributed by atoms with Crippen molar-refractivity contribution in [1.82, 2.24) is 4.40 Å². The van der Waals surface area contributed by atoms with Gasteiger partial charge in [-0.3, -0.25) is 4.79 Å². The van der Waals surface area contributed by atoms with Gasteiger partial charge in [-0.05, 0) is 81.3 Å². The second kappa shape index (κ2) is 9.81. The lowest BCUT2D eigenvalue weighted by molar-refractivity contribution is -0.157. The number of aromatic carboxylic acids is 1. The van der Waals surface area contributed by atoms with Crippen molar-refractivity contribution in [2.45, 2.75) is 33.3 Å². The fourth-order valence-corrected chi connectivity index (χ4v) is 4.25. The number of ketones is 1. The van der Waals surface area contributed by atoms with E-state index in [0.717, 1.165) is 16.6 Å². The summed E-state index contributed by atoms with van der Waals surface area (Å²) in [6, 6.07) is 17.1. The minimum atomic E-state index is -1.20. The molecule has 2 aromatic heterocycles. The maximum atomic E-state index is 13.6. The zero-order valence-corrected chi connectivity index (χ0v) is 21.1. The average Bonchev–Trinajstić information content (AvgIpc) is 3.13. The number of carbonyl (C=O) groups excluding carboxylic acids is 2. The summed E-state index contributed by atoms with van der Waals surface area (Å²) in [5.74, 6) is -1.52. The van der Waals surface area contributed by atoms with E-state index in [-0.39, 0.29) is 29.2 Å². The standard InChI is InChI=1S/C29H28N2O6/c1-17-25(18-8-7-9-20(14-18)36-16-24(32)37-29(2,3)4)23-10-5-6-13-31(23)26(17)27(33)19-11-12-22(30)21(15-19)28(34)35/h5-15H,16,30H2,1-4H3,(H,34,35). The summed E-state index contributed by atoms with van der Waals surface area (Å²) < 4.78 is 12.8. The average molecular weight is 501 g/mol. The Morgan fingerprint density at radius 3 is 2.46 bits per heavy atom. The molecule has 0 unspecified atom stereocenters. The van der Waals surface area contributed by atoms with Gasteiger partial charge in [-0.25, -0.2) is 9.59 Å². The number of benzene rings is 2. The summed E-state index contributed by atoms with van der Waals surface area (Å²) in [5, 5.41) is 9.44. The lowest BCUT2D eigenvalue weighted by Crippen LogP contribution is -2.27. The lowest BCUT2D eigenvalue weighted by Gasteiger charge is -2.19. The molecule has 2 heterocycles. The minimum Gasteiger partial charge on any atom is -0.482 e. The molecule has 0 aliphatic heterocycles. The number of hydrogen-bond acceptors (Lipinski definition) is 6. The SMILES string of the molecule is Cc1c(-c2cccc(OCC(=O)OC(C)(C)C)c2)c2ccccn2c1C(=O)c1ccc(N)c(C(=O)O)c1. The quantitative estimate of drug-likeness (QED) is 0.205. The Labute approximate surface area is 214 Å². The molecule has 2 aromatic carbocycles. The molecule has 0 radical (unpaired) electrons. The van der Waals surface area contributed by atoms with Crippen LogP contribution < -0.4 is 10.5 Å². The maximum Gasteiger partial charge on any atom is 0.344 e. The first kappa shape index (κ1) is 25.5. The van der Waals surface area contributed by atoms with Gasteiger partial charge >= 0.3 is 11.9 Å². The zero-order chi connectivity index (χ0) is 26.9. The van der Waals surface area contributed by atoms with Gasteiger partial charge in [0.1, 0.15) is 11.4 Å². The summed E-state index contributed by atoms with van der Waals surface area (Å²) in [4.78, 5) is 37.3. The van der Waals surface area contributed by atoms with E-state index in [0.29, 0.717) is 17.0 Å². The second-order valence-electron chi connectivity index (χ2n) is 9.64. The van der Waals surface area contributed by atoms with Crippen LogP contribution in [0.3, 0.4) is 0 Å². The third-order valence-corrected chi connectivity index (χ3v) is 5.75. The molecule has 37 heavy (non-hydrogen) atoms. The topological polar surface area (TPSA) is 120 Å². The summed E-state index contributed by atoms with van der Waals surface area (Å²) >= 11 is 0. The van der Waals surface area contributed by atoms with Gasteiger partial charge in [-0.15, -0.1) is 0 Å². The number of pyridine rings is 1. The van der Waals surface area contributed by atoms with E-state index in [1.54, 1.807) is 43.5 Å². The first-order valence-corrected chi connectivity index (χ1v) is 11.7. The van der Waals surface area contributed by atoms with Gasteiger partial charge in [-0.1, -0.05) is 18.2 Å². The van der Waals surface area contributed by atoms with E-state index >= 15 is 0 Å². The highest BCUT2D eigenvalue weighted by atomic mass is 16.6. The van der Waals surface area contributed by atoms with Gasteiger partial charge in [0.25, 0.3) is 0 Å². The van der Waals surface area contributed by atoms with E-state index < -0.39 is 17.5 Å². The van der Waals surface area contributed by atoms with Gasteiger partial charge in [0.2, 0.25) is 5.78 Å². The van der Waals surface area contributed by atoms with Crippen LogP contribution in [-0.2, 0) is 9.53 Å². The van der Waals surface area contributed by atoms with E-state index in [1.165, 1.54) is 18.2 Å². The zero-order valence-electron chi connectivity index (χ0n) is 21.1. The van der Waals surface area contributed by atoms with Crippen LogP contribution in [0.2, 0.25) is 0 Å². The predicted octanol–water partition coefficient (Wildman–Crippen LogP) is 5.15. The Hall–Kier alpha value is -4.59. The first-order chi connectivity index (χ1) is 17.5. The molecule has 0 aliphatic rings. The van der Waals surface area contributed by atoms with Crippen molar-refractivity contribution in [3.63, 3.8) is 0 Å². The van der Waals surface area contributed by atoms with E-state index in [9.17, 15) is 19.5 Å². The van der Waals surface area contributed by atoms with Crippen molar-refractivity contribution in [1.29, 1.82) is 0 Å². The molecule has 0 bridgehead atoms. The van der Waals surface area contributed by atoms with Gasteiger partial charge < -0.3 is 24.7 Å². The Morgan fingerprint density at radius 1 is 1.00 bits per heavy atom. The largest absolute Gasteiger partial charge is 0.482 e. The number of hydrogen-bond donors (Lipinski definition) is 2. The number of anilines is 1. The molecule has 190 valence electrons. The predicted molar refractivity (Wildman–Crippen MR) is 140 cm³/mol. The summed E-state index contributed by atoms with van der Waals surface area (Å²) in [6.07, 6.45) is 1.79. The number of carboxylic acids is 1. The van der Waals surface area contributed by atoms with E-state index in [1.807, 2.05) is 37.3 Å². The molecule has 3 N–H and O–H groups in total. The Morgan fingerprint density at radius 2 is 1.76 bits per heavy atom. The number of esters is 1. The van der Waals surface area contributed by atoms with Crippen LogP contribution in [-0.4, -0.2) is 39.4 Å². The molecule has 8 nitrogen and oxygen atoms in total. The highest BCUT2D eigenvalue weighted by Crippen LogP contribution is 2.35. The third-order valence-electron chi connectivity index (χ3n) is 5.75. The van der Waals surface area contributed by atoms with Crippen LogP contribution in [0.4, 0.5) is 5.69 Å². The van der Waals surface area contributed by atoms with Crippen LogP contribution in [0.15, 0.2) is 66.9 Å². The van der Waals surface area contributed by atoms with Crippen molar-refractivity contribution in [2.24, 2.45) is 0 Å². The molecule has 4 rings (SSSR count). The highest BCUT2D eigenvalue weighted by Gasteiger charge is 2.24. The summed E-state index contributed by atoms with van der Waals surface area (Å²) in [7, 11) is 0. The molecule has 4 aromatic rings. The number of fused-ring (bicyclic) bond motifs is 1. The molecule has 0 amide bonds. The van der Waals surface area contributed by atoms with Crippen LogP contribution in [0.1, 0.15) is 52.7 Å². The van der Waals surface area contributed by atoms with E-state index in [4.69, 9.17) is 15.2 Å². The molecule has 8 heteroatoms. The third kappa shape index (κ3) is 5.33.